The molecule has 2 amide bonds. The smallest absolute Gasteiger partial charge is 0.231 e. The van der Waals surface area contributed by atoms with E-state index in [0.717, 1.165) is 5.56 Å². The first-order valence-electron chi connectivity index (χ1n) is 9.08. The quantitative estimate of drug-likeness (QED) is 0.806. The van der Waals surface area contributed by atoms with Gasteiger partial charge in [0.05, 0.1) is 5.92 Å². The lowest BCUT2D eigenvalue weighted by Crippen LogP contribution is -2.28. The van der Waals surface area contributed by atoms with Gasteiger partial charge in [-0.1, -0.05) is 18.2 Å². The Kier molecular flexibility index (Phi) is 4.73. The summed E-state index contributed by atoms with van der Waals surface area (Å²) in [7, 11) is 0. The van der Waals surface area contributed by atoms with E-state index in [1.54, 1.807) is 29.2 Å². The highest BCUT2D eigenvalue weighted by atomic mass is 16.7. The van der Waals surface area contributed by atoms with Crippen molar-refractivity contribution in [1.29, 1.82) is 0 Å². The molecule has 2 heterocycles. The van der Waals surface area contributed by atoms with E-state index < -0.39 is 5.92 Å². The Labute approximate surface area is 162 Å². The Hall–Kier alpha value is -3.35. The molecule has 144 valence electrons. The molecule has 2 aromatic rings. The molecule has 1 N–H and O–H groups in total. The van der Waals surface area contributed by atoms with Gasteiger partial charge in [0.15, 0.2) is 17.3 Å². The van der Waals surface area contributed by atoms with E-state index in [4.69, 9.17) is 9.47 Å². The molecule has 28 heavy (non-hydrogen) atoms. The molecule has 0 aromatic heterocycles. The maximum Gasteiger partial charge on any atom is 0.231 e. The number of Topliss-reactive ketones (excluding diaryl/α,β-unsaturated/α-hetero) is 1. The molecule has 4 rings (SSSR count). The van der Waals surface area contributed by atoms with Gasteiger partial charge in [-0.25, -0.2) is 0 Å². The first-order chi connectivity index (χ1) is 13.5. The summed E-state index contributed by atoms with van der Waals surface area (Å²) in [5, 5.41) is 2.81. The second-order valence-electron chi connectivity index (χ2n) is 6.99. The van der Waals surface area contributed by atoms with Crippen molar-refractivity contribution in [2.45, 2.75) is 19.9 Å². The van der Waals surface area contributed by atoms with Gasteiger partial charge in [-0.05, 0) is 36.8 Å². The van der Waals surface area contributed by atoms with E-state index in [-0.39, 0.29) is 30.8 Å². The van der Waals surface area contributed by atoms with Crippen molar-refractivity contribution in [3.8, 4) is 11.5 Å². The number of nitrogens with zero attached hydrogens (tertiary/aromatic N) is 1. The predicted molar refractivity (Wildman–Crippen MR) is 101 cm³/mol. The van der Waals surface area contributed by atoms with Crippen molar-refractivity contribution in [3.63, 3.8) is 0 Å². The number of anilines is 1. The maximum atomic E-state index is 12.6. The number of ether oxygens (including phenoxy) is 2. The van der Waals surface area contributed by atoms with Crippen LogP contribution in [0.15, 0.2) is 42.5 Å². The molecule has 2 aliphatic heterocycles. The lowest BCUT2D eigenvalue weighted by Gasteiger charge is -2.17. The number of rotatable bonds is 5. The maximum absolute atomic E-state index is 12.6. The van der Waals surface area contributed by atoms with Crippen LogP contribution < -0.4 is 14.8 Å². The lowest BCUT2D eigenvalue weighted by molar-refractivity contribution is -0.128. The minimum atomic E-state index is -0.428. The summed E-state index contributed by atoms with van der Waals surface area (Å²) < 4.78 is 10.7. The SMILES string of the molecule is CC(=O)c1cccc(NC(=O)C2CC(=O)N(Cc3ccc4c(c3)OCO4)C2)c1. The molecule has 0 saturated carbocycles. The van der Waals surface area contributed by atoms with E-state index in [9.17, 15) is 14.4 Å². The van der Waals surface area contributed by atoms with Gasteiger partial charge >= 0.3 is 0 Å². The van der Waals surface area contributed by atoms with E-state index >= 15 is 0 Å². The molecule has 7 heteroatoms. The average molecular weight is 380 g/mol. The molecule has 0 spiro atoms. The summed E-state index contributed by atoms with van der Waals surface area (Å²) >= 11 is 0. The van der Waals surface area contributed by atoms with Gasteiger partial charge < -0.3 is 19.7 Å². The number of nitrogens with one attached hydrogen (secondary N) is 1. The van der Waals surface area contributed by atoms with Crippen LogP contribution in [0.4, 0.5) is 5.69 Å². The molecular weight excluding hydrogens is 360 g/mol. The third kappa shape index (κ3) is 3.69. The molecule has 1 saturated heterocycles. The van der Waals surface area contributed by atoms with Gasteiger partial charge in [0.25, 0.3) is 0 Å². The molecule has 0 aliphatic carbocycles. The van der Waals surface area contributed by atoms with Gasteiger partial charge in [0, 0.05) is 30.8 Å². The van der Waals surface area contributed by atoms with Crippen LogP contribution in [0.2, 0.25) is 0 Å². The van der Waals surface area contributed by atoms with E-state index in [1.165, 1.54) is 6.92 Å². The monoisotopic (exact) mass is 380 g/mol. The van der Waals surface area contributed by atoms with Crippen LogP contribution in [0.25, 0.3) is 0 Å². The number of hydrogen-bond donors (Lipinski definition) is 1. The van der Waals surface area contributed by atoms with Crippen LogP contribution >= 0.6 is 0 Å². The predicted octanol–water partition coefficient (Wildman–Crippen LogP) is 2.61. The van der Waals surface area contributed by atoms with Gasteiger partial charge in [-0.2, -0.15) is 0 Å². The van der Waals surface area contributed by atoms with Crippen molar-refractivity contribution < 1.29 is 23.9 Å². The standard InChI is InChI=1S/C21H20N2O5/c1-13(24)15-3-2-4-17(8-15)22-21(26)16-9-20(25)23(11-16)10-14-5-6-18-19(7-14)28-12-27-18/h2-8,16H,9-12H2,1H3,(H,22,26). The number of fused-ring (bicyclic) bond motifs is 1. The Bertz CT molecular complexity index is 956. The Balaban J connectivity index is 1.39. The van der Waals surface area contributed by atoms with Gasteiger partial charge in [0.1, 0.15) is 0 Å². The topological polar surface area (TPSA) is 84.9 Å². The zero-order valence-corrected chi connectivity index (χ0v) is 15.4. The summed E-state index contributed by atoms with van der Waals surface area (Å²) in [6.45, 7) is 2.45. The molecule has 2 aromatic carbocycles. The molecule has 0 bridgehead atoms. The van der Waals surface area contributed by atoms with Crippen LogP contribution in [0.3, 0.4) is 0 Å². The molecule has 0 radical (unpaired) electrons. The Morgan fingerprint density at radius 2 is 1.96 bits per heavy atom. The third-order valence-corrected chi connectivity index (χ3v) is 4.93. The first-order valence-corrected chi connectivity index (χ1v) is 9.08. The fraction of sp³-hybridized carbons (Fsp3) is 0.286. The zero-order chi connectivity index (χ0) is 19.7. The third-order valence-electron chi connectivity index (χ3n) is 4.93. The molecule has 2 aliphatic rings. The minimum absolute atomic E-state index is 0.0599. The van der Waals surface area contributed by atoms with Crippen molar-refractivity contribution in [1.82, 2.24) is 4.90 Å². The van der Waals surface area contributed by atoms with E-state index in [0.29, 0.717) is 35.8 Å². The fourth-order valence-electron chi connectivity index (χ4n) is 3.42. The highest BCUT2D eigenvalue weighted by Gasteiger charge is 2.34. The summed E-state index contributed by atoms with van der Waals surface area (Å²) in [5.41, 5.74) is 2.01. The number of carbonyl (C=O) groups is 3. The summed E-state index contributed by atoms with van der Waals surface area (Å²) in [6.07, 6.45) is 0.169. The van der Waals surface area contributed by atoms with Gasteiger partial charge in [-0.15, -0.1) is 0 Å². The summed E-state index contributed by atoms with van der Waals surface area (Å²) in [5.74, 6) is 0.590. The lowest BCUT2D eigenvalue weighted by atomic mass is 10.1. The molecular formula is C21H20N2O5. The number of likely N-dealkylation sites (tertiary alicyclic amines) is 1. The van der Waals surface area contributed by atoms with Crippen molar-refractivity contribution >= 4 is 23.3 Å². The second-order valence-corrected chi connectivity index (χ2v) is 6.99. The molecule has 1 unspecified atom stereocenters. The number of amides is 2. The van der Waals surface area contributed by atoms with Crippen LogP contribution in [0.5, 0.6) is 11.5 Å². The highest BCUT2D eigenvalue weighted by Crippen LogP contribution is 2.33. The number of benzene rings is 2. The fourth-order valence-corrected chi connectivity index (χ4v) is 3.42. The van der Waals surface area contributed by atoms with Crippen molar-refractivity contribution in [2.75, 3.05) is 18.7 Å². The summed E-state index contributed by atoms with van der Waals surface area (Å²) in [4.78, 5) is 38.1. The molecule has 1 atom stereocenters. The Morgan fingerprint density at radius 3 is 2.79 bits per heavy atom. The molecule has 7 nitrogen and oxygen atoms in total. The normalized spacial score (nSPS) is 17.7. The summed E-state index contributed by atoms with van der Waals surface area (Å²) in [6, 6.07) is 12.4. The van der Waals surface area contributed by atoms with Crippen LogP contribution in [-0.2, 0) is 16.1 Å². The Morgan fingerprint density at radius 1 is 1.14 bits per heavy atom. The molecule has 1 fully saturated rings. The second kappa shape index (κ2) is 7.34. The zero-order valence-electron chi connectivity index (χ0n) is 15.4. The largest absolute Gasteiger partial charge is 0.454 e. The minimum Gasteiger partial charge on any atom is -0.454 e. The van der Waals surface area contributed by atoms with Crippen LogP contribution in [0.1, 0.15) is 29.3 Å². The van der Waals surface area contributed by atoms with Crippen molar-refractivity contribution in [2.24, 2.45) is 5.92 Å². The van der Waals surface area contributed by atoms with Crippen LogP contribution in [-0.4, -0.2) is 35.8 Å². The van der Waals surface area contributed by atoms with Crippen molar-refractivity contribution in [3.05, 3.63) is 53.6 Å². The van der Waals surface area contributed by atoms with Crippen LogP contribution in [0, 0.1) is 5.92 Å². The first kappa shape index (κ1) is 18.0. The number of carbonyl (C=O) groups excluding carboxylic acids is 3. The number of hydrogen-bond acceptors (Lipinski definition) is 5. The van der Waals surface area contributed by atoms with E-state index in [2.05, 4.69) is 5.32 Å². The van der Waals surface area contributed by atoms with Gasteiger partial charge in [-0.3, -0.25) is 14.4 Å². The van der Waals surface area contributed by atoms with Gasteiger partial charge in [0.2, 0.25) is 18.6 Å². The van der Waals surface area contributed by atoms with E-state index in [1.807, 2.05) is 18.2 Å². The average Bonchev–Trinajstić information content (AvgIpc) is 3.28. The number of ketones is 1. The highest BCUT2D eigenvalue weighted by molar-refractivity contribution is 5.99.